The van der Waals surface area contributed by atoms with Gasteiger partial charge in [-0.05, 0) is 38.0 Å². The van der Waals surface area contributed by atoms with E-state index in [-0.39, 0.29) is 11.6 Å². The summed E-state index contributed by atoms with van der Waals surface area (Å²) >= 11 is 0. The number of hydrogen-bond donors (Lipinski definition) is 0. The van der Waals surface area contributed by atoms with Gasteiger partial charge in [0.15, 0.2) is 5.82 Å². The second-order valence-corrected chi connectivity index (χ2v) is 6.18. The van der Waals surface area contributed by atoms with Crippen LogP contribution in [0.2, 0.25) is 0 Å². The van der Waals surface area contributed by atoms with E-state index in [9.17, 15) is 4.79 Å². The fraction of sp³-hybridized carbons (Fsp3) is 0.227. The Morgan fingerprint density at radius 3 is 2.54 bits per heavy atom. The van der Waals surface area contributed by atoms with Crippen molar-refractivity contribution in [1.29, 1.82) is 0 Å². The van der Waals surface area contributed by atoms with Gasteiger partial charge in [0, 0.05) is 36.6 Å². The molecule has 2 heterocycles. The molecule has 0 unspecified atom stereocenters. The molecule has 0 saturated carbocycles. The lowest BCUT2D eigenvalue weighted by atomic mass is 10.0. The Bertz CT molecular complexity index is 968. The Morgan fingerprint density at radius 1 is 1.07 bits per heavy atom. The number of rotatable bonds is 8. The molecule has 0 spiro atoms. The highest BCUT2D eigenvalue weighted by Gasteiger charge is 2.19. The first-order valence-corrected chi connectivity index (χ1v) is 9.32. The minimum absolute atomic E-state index is 0.119. The maximum atomic E-state index is 13.0. The third-order valence-corrected chi connectivity index (χ3v) is 4.42. The van der Waals surface area contributed by atoms with Gasteiger partial charge >= 0.3 is 0 Å². The van der Waals surface area contributed by atoms with Crippen LogP contribution in [0, 0.1) is 0 Å². The van der Waals surface area contributed by atoms with E-state index in [0.717, 1.165) is 24.2 Å². The predicted molar refractivity (Wildman–Crippen MR) is 110 cm³/mol. The van der Waals surface area contributed by atoms with Gasteiger partial charge in [-0.15, -0.1) is 6.58 Å². The Labute approximate surface area is 165 Å². The molecule has 0 aliphatic carbocycles. The Kier molecular flexibility index (Phi) is 6.22. The van der Waals surface area contributed by atoms with Gasteiger partial charge in [0.05, 0.1) is 0 Å². The van der Waals surface area contributed by atoms with Crippen LogP contribution in [0.5, 0.6) is 0 Å². The largest absolute Gasteiger partial charge is 0.341 e. The molecule has 3 rings (SSSR count). The Balaban J connectivity index is 2.16. The number of carbonyl (C=O) groups is 1. The van der Waals surface area contributed by atoms with Gasteiger partial charge in [0.1, 0.15) is 0 Å². The van der Waals surface area contributed by atoms with Gasteiger partial charge in [0.25, 0.3) is 0 Å². The molecule has 0 aliphatic rings. The smallest absolute Gasteiger partial charge is 0.231 e. The highest BCUT2D eigenvalue weighted by molar-refractivity contribution is 6.06. The molecule has 6 heteroatoms. The number of carbonyl (C=O) groups excluding carboxylic acids is 1. The summed E-state index contributed by atoms with van der Waals surface area (Å²) in [5, 5.41) is 0. The van der Waals surface area contributed by atoms with Gasteiger partial charge in [-0.25, -0.2) is 4.98 Å². The van der Waals surface area contributed by atoms with Crippen molar-refractivity contribution in [2.45, 2.75) is 20.3 Å². The molecule has 0 atom stereocenters. The summed E-state index contributed by atoms with van der Waals surface area (Å²) in [6, 6.07) is 11.3. The van der Waals surface area contributed by atoms with Crippen molar-refractivity contribution in [2.75, 3.05) is 18.0 Å². The highest BCUT2D eigenvalue weighted by atomic mass is 16.1. The minimum atomic E-state index is -0.272. The van der Waals surface area contributed by atoms with Crippen LogP contribution < -0.4 is 4.90 Å². The molecule has 0 aliphatic heterocycles. The fourth-order valence-electron chi connectivity index (χ4n) is 2.93. The molecule has 2 aromatic heterocycles. The quantitative estimate of drug-likeness (QED) is 0.442. The number of anilines is 1. The third-order valence-electron chi connectivity index (χ3n) is 4.42. The van der Waals surface area contributed by atoms with Gasteiger partial charge in [-0.3, -0.25) is 9.78 Å². The highest BCUT2D eigenvalue weighted by Crippen LogP contribution is 2.23. The number of hydrogen-bond acceptors (Lipinski definition) is 6. The van der Waals surface area contributed by atoms with E-state index in [2.05, 4.69) is 26.5 Å². The van der Waals surface area contributed by atoms with Crippen molar-refractivity contribution in [3.05, 3.63) is 78.4 Å². The first-order chi connectivity index (χ1) is 13.7. The Morgan fingerprint density at radius 2 is 1.86 bits per heavy atom. The number of aromatic nitrogens is 4. The summed E-state index contributed by atoms with van der Waals surface area (Å²) < 4.78 is 0. The molecular weight excluding hydrogens is 350 g/mol. The number of pyridine rings is 1. The standard InChI is InChI=1S/C22H23N5O/c1-4-10-16-11-7-8-13-18(16)20-24-21(19(28)17-12-9-14-23-15-17)26-22(25-20)27(5-2)6-3/h4,7-9,11-15H,1,5-6,10H2,2-3H3. The lowest BCUT2D eigenvalue weighted by molar-refractivity contribution is 0.102. The summed E-state index contributed by atoms with van der Waals surface area (Å²) in [6.45, 7) is 9.35. The third kappa shape index (κ3) is 4.11. The van der Waals surface area contributed by atoms with E-state index >= 15 is 0 Å². The average Bonchev–Trinajstić information content (AvgIpc) is 2.75. The number of ketones is 1. The van der Waals surface area contributed by atoms with E-state index in [1.165, 1.54) is 6.20 Å². The topological polar surface area (TPSA) is 71.9 Å². The van der Waals surface area contributed by atoms with Crippen LogP contribution in [0.15, 0.2) is 61.4 Å². The lowest BCUT2D eigenvalue weighted by Crippen LogP contribution is -2.26. The van der Waals surface area contributed by atoms with Crippen molar-refractivity contribution in [1.82, 2.24) is 19.9 Å². The maximum Gasteiger partial charge on any atom is 0.231 e. The predicted octanol–water partition coefficient (Wildman–Crippen LogP) is 3.74. The van der Waals surface area contributed by atoms with Crippen molar-refractivity contribution < 1.29 is 4.79 Å². The van der Waals surface area contributed by atoms with Gasteiger partial charge in [0.2, 0.25) is 17.6 Å². The molecule has 0 radical (unpaired) electrons. The van der Waals surface area contributed by atoms with Gasteiger partial charge < -0.3 is 4.90 Å². The first-order valence-electron chi connectivity index (χ1n) is 9.32. The summed E-state index contributed by atoms with van der Waals surface area (Å²) in [7, 11) is 0. The zero-order valence-corrected chi connectivity index (χ0v) is 16.2. The van der Waals surface area contributed by atoms with E-state index in [1.54, 1.807) is 18.3 Å². The zero-order chi connectivity index (χ0) is 19.9. The maximum absolute atomic E-state index is 13.0. The molecule has 142 valence electrons. The summed E-state index contributed by atoms with van der Waals surface area (Å²) in [5.74, 6) is 0.830. The van der Waals surface area contributed by atoms with Crippen LogP contribution >= 0.6 is 0 Å². The normalized spacial score (nSPS) is 10.5. The summed E-state index contributed by atoms with van der Waals surface area (Å²) in [4.78, 5) is 32.6. The first kappa shape index (κ1) is 19.4. The number of allylic oxidation sites excluding steroid dienone is 1. The lowest BCUT2D eigenvalue weighted by Gasteiger charge is -2.19. The van der Waals surface area contributed by atoms with Crippen molar-refractivity contribution in [3.63, 3.8) is 0 Å². The summed E-state index contributed by atoms with van der Waals surface area (Å²) in [6.07, 6.45) is 5.68. The molecule has 0 fully saturated rings. The minimum Gasteiger partial charge on any atom is -0.341 e. The van der Waals surface area contributed by atoms with E-state index in [4.69, 9.17) is 0 Å². The summed E-state index contributed by atoms with van der Waals surface area (Å²) in [5.41, 5.74) is 2.37. The van der Waals surface area contributed by atoms with Crippen LogP contribution in [-0.4, -0.2) is 38.8 Å². The fourth-order valence-corrected chi connectivity index (χ4v) is 2.93. The van der Waals surface area contributed by atoms with Crippen LogP contribution in [0.25, 0.3) is 11.4 Å². The van der Waals surface area contributed by atoms with Crippen LogP contribution in [0.1, 0.15) is 35.6 Å². The van der Waals surface area contributed by atoms with Crippen molar-refractivity contribution in [2.24, 2.45) is 0 Å². The zero-order valence-electron chi connectivity index (χ0n) is 16.2. The van der Waals surface area contributed by atoms with Gasteiger partial charge in [-0.1, -0.05) is 30.3 Å². The number of benzene rings is 1. The molecule has 6 nitrogen and oxygen atoms in total. The monoisotopic (exact) mass is 373 g/mol. The van der Waals surface area contributed by atoms with Crippen LogP contribution in [0.4, 0.5) is 5.95 Å². The molecule has 28 heavy (non-hydrogen) atoms. The second kappa shape index (κ2) is 8.99. The van der Waals surface area contributed by atoms with Crippen LogP contribution in [0.3, 0.4) is 0 Å². The second-order valence-electron chi connectivity index (χ2n) is 6.18. The van der Waals surface area contributed by atoms with Crippen LogP contribution in [-0.2, 0) is 6.42 Å². The molecule has 0 amide bonds. The van der Waals surface area contributed by atoms with Gasteiger partial charge in [-0.2, -0.15) is 9.97 Å². The molecule has 0 saturated heterocycles. The molecular formula is C22H23N5O. The molecule has 3 aromatic rings. The Hall–Kier alpha value is -3.41. The number of nitrogens with zero attached hydrogens (tertiary/aromatic N) is 5. The van der Waals surface area contributed by atoms with Crippen molar-refractivity contribution in [3.8, 4) is 11.4 Å². The SMILES string of the molecule is C=CCc1ccccc1-c1nc(C(=O)c2cccnc2)nc(N(CC)CC)n1. The molecule has 0 bridgehead atoms. The average molecular weight is 373 g/mol. The van der Waals surface area contributed by atoms with E-state index in [0.29, 0.717) is 23.8 Å². The molecule has 1 aromatic carbocycles. The van der Waals surface area contributed by atoms with Crippen molar-refractivity contribution >= 4 is 11.7 Å². The van der Waals surface area contributed by atoms with E-state index < -0.39 is 0 Å². The van der Waals surface area contributed by atoms with E-state index in [1.807, 2.05) is 49.1 Å². The molecule has 0 N–H and O–H groups in total.